The van der Waals surface area contributed by atoms with Crippen LogP contribution in [0.3, 0.4) is 0 Å². The molecule has 0 aliphatic rings. The molecular weight excluding hydrogens is 373 g/mol. The molecule has 29 heavy (non-hydrogen) atoms. The fourth-order valence-corrected chi connectivity index (χ4v) is 3.07. The zero-order valence-corrected chi connectivity index (χ0v) is 15.4. The van der Waals surface area contributed by atoms with Crippen LogP contribution in [-0.2, 0) is 6.42 Å². The molecule has 4 rings (SSSR count). The van der Waals surface area contributed by atoms with Gasteiger partial charge in [-0.2, -0.15) is 0 Å². The predicted molar refractivity (Wildman–Crippen MR) is 106 cm³/mol. The van der Waals surface area contributed by atoms with E-state index in [1.807, 2.05) is 30.3 Å². The van der Waals surface area contributed by atoms with Crippen molar-refractivity contribution in [2.45, 2.75) is 6.42 Å². The number of fused-ring (bicyclic) bond motifs is 1. The molecule has 1 heterocycles. The van der Waals surface area contributed by atoms with Crippen molar-refractivity contribution >= 4 is 16.9 Å². The van der Waals surface area contributed by atoms with Crippen LogP contribution in [0.25, 0.3) is 22.4 Å². The third-order valence-electron chi connectivity index (χ3n) is 4.53. The molecule has 0 bridgehead atoms. The van der Waals surface area contributed by atoms with Gasteiger partial charge in [0.05, 0.1) is 12.1 Å². The zero-order chi connectivity index (χ0) is 20.2. The Labute approximate surface area is 165 Å². The Morgan fingerprint density at radius 1 is 1.10 bits per heavy atom. The molecule has 1 amide bonds. The Morgan fingerprint density at radius 3 is 2.59 bits per heavy atom. The van der Waals surface area contributed by atoms with Crippen molar-refractivity contribution in [2.24, 2.45) is 0 Å². The van der Waals surface area contributed by atoms with Gasteiger partial charge in [0.1, 0.15) is 22.9 Å². The lowest BCUT2D eigenvalue weighted by molar-refractivity contribution is 0.0706. The first-order valence-electron chi connectivity index (χ1n) is 9.05. The van der Waals surface area contributed by atoms with Crippen molar-refractivity contribution in [2.75, 3.05) is 6.61 Å². The Balaban J connectivity index is 1.58. The van der Waals surface area contributed by atoms with Gasteiger partial charge in [0.15, 0.2) is 0 Å². The fourth-order valence-electron chi connectivity index (χ4n) is 3.07. The number of halogens is 1. The number of hydrogen-bond acceptors (Lipinski definition) is 4. The average Bonchev–Trinajstić information content (AvgIpc) is 3.18. The van der Waals surface area contributed by atoms with Gasteiger partial charge in [0, 0.05) is 23.6 Å². The van der Waals surface area contributed by atoms with Gasteiger partial charge in [-0.3, -0.25) is 10.0 Å². The maximum atomic E-state index is 14.0. The molecule has 3 aromatic carbocycles. The van der Waals surface area contributed by atoms with Crippen LogP contribution in [0.1, 0.15) is 15.9 Å². The third kappa shape index (κ3) is 4.09. The molecule has 0 radical (unpaired) electrons. The van der Waals surface area contributed by atoms with Crippen LogP contribution < -0.4 is 10.2 Å². The molecule has 3 N–H and O–H groups in total. The molecule has 4 aromatic rings. The number of nitrogens with one attached hydrogen (secondary N) is 2. The minimum Gasteiger partial charge on any atom is -0.491 e. The van der Waals surface area contributed by atoms with E-state index in [4.69, 9.17) is 9.94 Å². The molecule has 0 atom stereocenters. The second-order valence-electron chi connectivity index (χ2n) is 6.49. The van der Waals surface area contributed by atoms with E-state index in [1.165, 1.54) is 12.1 Å². The fraction of sp³-hybridized carbons (Fsp3) is 0.0909. The highest BCUT2D eigenvalue weighted by Crippen LogP contribution is 2.29. The molecule has 7 heteroatoms. The third-order valence-corrected chi connectivity index (χ3v) is 4.53. The van der Waals surface area contributed by atoms with E-state index in [1.54, 1.807) is 29.7 Å². The number of rotatable bonds is 6. The number of nitrogens with zero attached hydrogens (tertiary/aromatic N) is 1. The maximum Gasteiger partial charge on any atom is 0.274 e. The van der Waals surface area contributed by atoms with E-state index in [-0.39, 0.29) is 0 Å². The molecule has 146 valence electrons. The van der Waals surface area contributed by atoms with Crippen molar-refractivity contribution in [3.63, 3.8) is 0 Å². The first kappa shape index (κ1) is 18.6. The van der Waals surface area contributed by atoms with Crippen molar-refractivity contribution in [1.82, 2.24) is 15.4 Å². The highest BCUT2D eigenvalue weighted by molar-refractivity contribution is 5.94. The van der Waals surface area contributed by atoms with Crippen molar-refractivity contribution in [3.05, 3.63) is 83.7 Å². The SMILES string of the molecule is O=C(NO)c1ccc(-c2nc3c(OCCc4ccccc4)cc(F)cc3[nH]2)cc1. The summed E-state index contributed by atoms with van der Waals surface area (Å²) in [5.74, 6) is -0.126. The lowest BCUT2D eigenvalue weighted by atomic mass is 10.1. The van der Waals surface area contributed by atoms with Crippen molar-refractivity contribution in [3.8, 4) is 17.1 Å². The number of imidazole rings is 1. The Morgan fingerprint density at radius 2 is 1.86 bits per heavy atom. The van der Waals surface area contributed by atoms with Crippen LogP contribution in [0.15, 0.2) is 66.7 Å². The number of amides is 1. The summed E-state index contributed by atoms with van der Waals surface area (Å²) >= 11 is 0. The second-order valence-corrected chi connectivity index (χ2v) is 6.49. The molecule has 0 saturated heterocycles. The van der Waals surface area contributed by atoms with Gasteiger partial charge in [0.25, 0.3) is 5.91 Å². The van der Waals surface area contributed by atoms with Gasteiger partial charge in [-0.15, -0.1) is 0 Å². The standard InChI is InChI=1S/C22H18FN3O3/c23-17-12-18-20(19(13-17)29-11-10-14-4-2-1-3-5-14)25-21(24-18)15-6-8-16(9-7-15)22(27)26-28/h1-9,12-13,28H,10-11H2,(H,24,25)(H,26,27). The normalized spacial score (nSPS) is 10.8. The predicted octanol–water partition coefficient (Wildman–Crippen LogP) is 4.11. The molecule has 0 aliphatic carbocycles. The van der Waals surface area contributed by atoms with E-state index >= 15 is 0 Å². The number of H-pyrrole nitrogens is 1. The number of ether oxygens (including phenoxy) is 1. The number of hydrogen-bond donors (Lipinski definition) is 3. The first-order chi connectivity index (χ1) is 14.1. The lowest BCUT2D eigenvalue weighted by Crippen LogP contribution is -2.18. The minimum atomic E-state index is -0.600. The number of hydroxylamine groups is 1. The number of carbonyl (C=O) groups excluding carboxylic acids is 1. The first-order valence-corrected chi connectivity index (χ1v) is 9.05. The highest BCUT2D eigenvalue weighted by Gasteiger charge is 2.13. The maximum absolute atomic E-state index is 14.0. The summed E-state index contributed by atoms with van der Waals surface area (Å²) in [6.45, 7) is 0.399. The number of aromatic nitrogens is 2. The van der Waals surface area contributed by atoms with Crippen LogP contribution >= 0.6 is 0 Å². The molecule has 0 fully saturated rings. The van der Waals surface area contributed by atoms with Crippen LogP contribution in [0, 0.1) is 5.82 Å². The summed E-state index contributed by atoms with van der Waals surface area (Å²) in [7, 11) is 0. The lowest BCUT2D eigenvalue weighted by Gasteiger charge is -2.07. The molecule has 1 aromatic heterocycles. The smallest absolute Gasteiger partial charge is 0.274 e. The Bertz CT molecular complexity index is 1140. The van der Waals surface area contributed by atoms with Gasteiger partial charge in [-0.05, 0) is 23.8 Å². The van der Waals surface area contributed by atoms with E-state index in [0.717, 1.165) is 5.56 Å². The van der Waals surface area contributed by atoms with Crippen LogP contribution in [0.4, 0.5) is 4.39 Å². The topological polar surface area (TPSA) is 87.2 Å². The van der Waals surface area contributed by atoms with Crippen LogP contribution in [0.5, 0.6) is 5.75 Å². The summed E-state index contributed by atoms with van der Waals surface area (Å²) in [6, 6.07) is 19.1. The molecular formula is C22H18FN3O3. The Hall–Kier alpha value is -3.71. The summed E-state index contributed by atoms with van der Waals surface area (Å²) < 4.78 is 19.9. The van der Waals surface area contributed by atoms with Gasteiger partial charge in [-0.25, -0.2) is 14.9 Å². The van der Waals surface area contributed by atoms with Crippen LogP contribution in [0.2, 0.25) is 0 Å². The minimum absolute atomic E-state index is 0.309. The highest BCUT2D eigenvalue weighted by atomic mass is 19.1. The molecule has 0 saturated carbocycles. The molecule has 0 aliphatic heterocycles. The average molecular weight is 391 g/mol. The van der Waals surface area contributed by atoms with Gasteiger partial charge < -0.3 is 9.72 Å². The van der Waals surface area contributed by atoms with Gasteiger partial charge in [0.2, 0.25) is 0 Å². The molecule has 0 unspecified atom stereocenters. The number of benzene rings is 3. The molecule has 0 spiro atoms. The summed E-state index contributed by atoms with van der Waals surface area (Å²) in [6.07, 6.45) is 0.699. The largest absolute Gasteiger partial charge is 0.491 e. The number of carbonyl (C=O) groups is 1. The van der Waals surface area contributed by atoms with Gasteiger partial charge in [-0.1, -0.05) is 42.5 Å². The summed E-state index contributed by atoms with van der Waals surface area (Å²) in [4.78, 5) is 19.1. The molecule has 6 nitrogen and oxygen atoms in total. The van der Waals surface area contributed by atoms with Gasteiger partial charge >= 0.3 is 0 Å². The van der Waals surface area contributed by atoms with Crippen LogP contribution in [-0.4, -0.2) is 27.7 Å². The van der Waals surface area contributed by atoms with E-state index in [0.29, 0.717) is 46.8 Å². The summed E-state index contributed by atoms with van der Waals surface area (Å²) in [5, 5.41) is 8.70. The Kier molecular flexibility index (Phi) is 5.22. The summed E-state index contributed by atoms with van der Waals surface area (Å²) in [5.41, 5.74) is 4.80. The van der Waals surface area contributed by atoms with E-state index in [2.05, 4.69) is 9.97 Å². The van der Waals surface area contributed by atoms with E-state index in [9.17, 15) is 9.18 Å². The quantitative estimate of drug-likeness (QED) is 0.341. The second kappa shape index (κ2) is 8.12. The van der Waals surface area contributed by atoms with Crippen molar-refractivity contribution in [1.29, 1.82) is 0 Å². The number of aromatic amines is 1. The monoisotopic (exact) mass is 391 g/mol. The zero-order valence-electron chi connectivity index (χ0n) is 15.4. The van der Waals surface area contributed by atoms with E-state index < -0.39 is 11.7 Å². The van der Waals surface area contributed by atoms with Crippen molar-refractivity contribution < 1.29 is 19.1 Å².